The first-order valence-corrected chi connectivity index (χ1v) is 13.8. The van der Waals surface area contributed by atoms with Crippen molar-refractivity contribution in [3.8, 4) is 0 Å². The number of aromatic amines is 2. The van der Waals surface area contributed by atoms with Crippen molar-refractivity contribution in [1.29, 1.82) is 0 Å². The van der Waals surface area contributed by atoms with Crippen LogP contribution < -0.4 is 0 Å². The Morgan fingerprint density at radius 1 is 0.892 bits per heavy atom. The molecule has 2 N–H and O–H groups in total. The van der Waals surface area contributed by atoms with Crippen molar-refractivity contribution in [2.24, 2.45) is 11.3 Å². The highest BCUT2D eigenvalue weighted by Crippen LogP contribution is 2.41. The van der Waals surface area contributed by atoms with Gasteiger partial charge in [-0.25, -0.2) is 9.97 Å². The fraction of sp³-hybridized carbons (Fsp3) is 0.552. The maximum atomic E-state index is 13.6. The first kappa shape index (κ1) is 25.7. The lowest BCUT2D eigenvalue weighted by Gasteiger charge is -2.46. The average molecular weight is 504 g/mol. The number of imidazole rings is 2. The van der Waals surface area contributed by atoms with Gasteiger partial charge in [0.1, 0.15) is 11.6 Å². The number of carbonyl (C=O) groups is 1. The van der Waals surface area contributed by atoms with Gasteiger partial charge in [0.05, 0.1) is 18.5 Å². The standard InChI is InChI=1S/C29H41N7O/c1-23(2)18-34-16-9-29(10-17-34)8-3-15-36(28(29)37)20-25-6-4-24(5-7-25)19-35(21-26-30-11-12-31-26)22-27-32-13-14-33-27/h4-7,11-14,23H,3,8-10,15-22H2,1-2H3,(H,30,31)(H,32,33). The lowest BCUT2D eigenvalue weighted by atomic mass is 9.71. The van der Waals surface area contributed by atoms with Gasteiger partial charge in [-0.3, -0.25) is 9.69 Å². The Kier molecular flexibility index (Phi) is 8.05. The number of aromatic nitrogens is 4. The van der Waals surface area contributed by atoms with Gasteiger partial charge in [-0.15, -0.1) is 0 Å². The molecule has 0 saturated carbocycles. The molecule has 0 bridgehead atoms. The van der Waals surface area contributed by atoms with Crippen LogP contribution in [0.3, 0.4) is 0 Å². The van der Waals surface area contributed by atoms with E-state index in [1.165, 1.54) is 11.1 Å². The molecule has 8 nitrogen and oxygen atoms in total. The SMILES string of the molecule is CC(C)CN1CCC2(CCCN(Cc3ccc(CN(Cc4ncc[nH]4)Cc4ncc[nH]4)cc3)C2=O)CC1. The Bertz CT molecular complexity index is 1060. The van der Waals surface area contributed by atoms with Crippen LogP contribution in [-0.2, 0) is 31.0 Å². The largest absolute Gasteiger partial charge is 0.348 e. The molecule has 2 fully saturated rings. The molecule has 1 amide bonds. The maximum Gasteiger partial charge on any atom is 0.229 e. The van der Waals surface area contributed by atoms with Gasteiger partial charge in [0.2, 0.25) is 5.91 Å². The fourth-order valence-corrected chi connectivity index (χ4v) is 6.04. The minimum absolute atomic E-state index is 0.135. The lowest BCUT2D eigenvalue weighted by Crippen LogP contribution is -2.53. The molecule has 0 atom stereocenters. The zero-order chi connectivity index (χ0) is 25.7. The molecule has 4 heterocycles. The predicted octanol–water partition coefficient (Wildman–Crippen LogP) is 4.20. The van der Waals surface area contributed by atoms with Crippen LogP contribution in [0, 0.1) is 11.3 Å². The number of nitrogens with one attached hydrogen (secondary N) is 2. The van der Waals surface area contributed by atoms with Gasteiger partial charge < -0.3 is 19.8 Å². The summed E-state index contributed by atoms with van der Waals surface area (Å²) in [5.74, 6) is 2.94. The predicted molar refractivity (Wildman–Crippen MR) is 144 cm³/mol. The molecule has 1 aromatic carbocycles. The molecule has 37 heavy (non-hydrogen) atoms. The van der Waals surface area contributed by atoms with E-state index in [1.54, 1.807) is 12.4 Å². The van der Waals surface area contributed by atoms with Gasteiger partial charge in [0, 0.05) is 51.0 Å². The summed E-state index contributed by atoms with van der Waals surface area (Å²) in [7, 11) is 0. The van der Waals surface area contributed by atoms with E-state index in [2.05, 4.69) is 72.7 Å². The van der Waals surface area contributed by atoms with Crippen molar-refractivity contribution in [3.05, 3.63) is 71.8 Å². The van der Waals surface area contributed by atoms with Gasteiger partial charge in [0.25, 0.3) is 0 Å². The van der Waals surface area contributed by atoms with Crippen LogP contribution in [0.2, 0.25) is 0 Å². The molecule has 2 aliphatic heterocycles. The van der Waals surface area contributed by atoms with E-state index in [9.17, 15) is 4.79 Å². The summed E-state index contributed by atoms with van der Waals surface area (Å²) in [4.78, 5) is 35.8. The summed E-state index contributed by atoms with van der Waals surface area (Å²) in [5.41, 5.74) is 2.31. The number of piperidine rings is 2. The Labute approximate surface area is 220 Å². The van der Waals surface area contributed by atoms with E-state index in [0.717, 1.165) is 70.1 Å². The molecule has 5 rings (SSSR count). The summed E-state index contributed by atoms with van der Waals surface area (Å²) >= 11 is 0. The average Bonchev–Trinajstić information content (AvgIpc) is 3.59. The van der Waals surface area contributed by atoms with Crippen LogP contribution >= 0.6 is 0 Å². The molecule has 198 valence electrons. The second kappa shape index (κ2) is 11.6. The van der Waals surface area contributed by atoms with E-state index in [1.807, 2.05) is 12.4 Å². The van der Waals surface area contributed by atoms with E-state index in [0.29, 0.717) is 31.5 Å². The number of carbonyl (C=O) groups excluding carboxylic acids is 1. The van der Waals surface area contributed by atoms with E-state index in [-0.39, 0.29) is 5.41 Å². The lowest BCUT2D eigenvalue weighted by molar-refractivity contribution is -0.150. The minimum Gasteiger partial charge on any atom is -0.348 e. The smallest absolute Gasteiger partial charge is 0.229 e. The highest BCUT2D eigenvalue weighted by molar-refractivity contribution is 5.83. The minimum atomic E-state index is -0.135. The van der Waals surface area contributed by atoms with Crippen LogP contribution in [0.4, 0.5) is 0 Å². The third kappa shape index (κ3) is 6.48. The molecular weight excluding hydrogens is 462 g/mol. The first-order chi connectivity index (χ1) is 18.0. The molecule has 8 heteroatoms. The number of benzene rings is 1. The number of hydrogen-bond acceptors (Lipinski definition) is 5. The third-order valence-corrected chi connectivity index (χ3v) is 7.92. The highest BCUT2D eigenvalue weighted by Gasteiger charge is 2.45. The third-order valence-electron chi connectivity index (χ3n) is 7.92. The van der Waals surface area contributed by atoms with Crippen LogP contribution in [0.15, 0.2) is 49.1 Å². The fourth-order valence-electron chi connectivity index (χ4n) is 6.04. The second-order valence-electron chi connectivity index (χ2n) is 11.3. The number of H-pyrrole nitrogens is 2. The van der Waals surface area contributed by atoms with Gasteiger partial charge in [-0.1, -0.05) is 38.1 Å². The van der Waals surface area contributed by atoms with Crippen LogP contribution in [0.5, 0.6) is 0 Å². The molecule has 0 radical (unpaired) electrons. The van der Waals surface area contributed by atoms with Gasteiger partial charge in [-0.05, 0) is 55.8 Å². The van der Waals surface area contributed by atoms with Gasteiger partial charge >= 0.3 is 0 Å². The van der Waals surface area contributed by atoms with E-state index < -0.39 is 0 Å². The summed E-state index contributed by atoms with van der Waals surface area (Å²) in [5, 5.41) is 0. The van der Waals surface area contributed by atoms with E-state index in [4.69, 9.17) is 0 Å². The Morgan fingerprint density at radius 2 is 1.51 bits per heavy atom. The number of rotatable bonds is 10. The van der Waals surface area contributed by atoms with Crippen LogP contribution in [0.1, 0.15) is 62.3 Å². The summed E-state index contributed by atoms with van der Waals surface area (Å²) in [6.07, 6.45) is 11.5. The zero-order valence-corrected chi connectivity index (χ0v) is 22.3. The maximum absolute atomic E-state index is 13.6. The van der Waals surface area contributed by atoms with Crippen molar-refractivity contribution < 1.29 is 4.79 Å². The monoisotopic (exact) mass is 503 g/mol. The van der Waals surface area contributed by atoms with Crippen molar-refractivity contribution >= 4 is 5.91 Å². The number of amides is 1. The molecule has 0 unspecified atom stereocenters. The molecular formula is C29H41N7O. The van der Waals surface area contributed by atoms with Crippen molar-refractivity contribution in [3.63, 3.8) is 0 Å². The molecule has 2 aliphatic rings. The highest BCUT2D eigenvalue weighted by atomic mass is 16.2. The van der Waals surface area contributed by atoms with Gasteiger partial charge in [-0.2, -0.15) is 0 Å². The molecule has 1 spiro atoms. The molecule has 3 aromatic rings. The second-order valence-corrected chi connectivity index (χ2v) is 11.3. The summed E-state index contributed by atoms with van der Waals surface area (Å²) < 4.78 is 0. The number of likely N-dealkylation sites (tertiary alicyclic amines) is 2. The number of hydrogen-bond donors (Lipinski definition) is 2. The van der Waals surface area contributed by atoms with Crippen molar-refractivity contribution in [2.45, 2.75) is 65.7 Å². The summed E-state index contributed by atoms with van der Waals surface area (Å²) in [6, 6.07) is 8.77. The molecule has 0 aliphatic carbocycles. The van der Waals surface area contributed by atoms with Crippen molar-refractivity contribution in [2.75, 3.05) is 26.2 Å². The van der Waals surface area contributed by atoms with E-state index >= 15 is 0 Å². The zero-order valence-electron chi connectivity index (χ0n) is 22.3. The Balaban J connectivity index is 1.19. The summed E-state index contributed by atoms with van der Waals surface area (Å²) in [6.45, 7) is 11.6. The normalized spacial score (nSPS) is 18.4. The molecule has 2 saturated heterocycles. The Hall–Kier alpha value is -2.97. The van der Waals surface area contributed by atoms with Crippen LogP contribution in [0.25, 0.3) is 0 Å². The van der Waals surface area contributed by atoms with Gasteiger partial charge in [0.15, 0.2) is 0 Å². The topological polar surface area (TPSA) is 84.2 Å². The first-order valence-electron chi connectivity index (χ1n) is 13.8. The molecule has 2 aromatic heterocycles. The Morgan fingerprint density at radius 3 is 2.08 bits per heavy atom. The van der Waals surface area contributed by atoms with Crippen LogP contribution in [-0.4, -0.2) is 66.7 Å². The number of nitrogens with zero attached hydrogens (tertiary/aromatic N) is 5. The quantitative estimate of drug-likeness (QED) is 0.433. The van der Waals surface area contributed by atoms with Crippen molar-refractivity contribution in [1.82, 2.24) is 34.6 Å².